The Bertz CT molecular complexity index is 1530. The lowest BCUT2D eigenvalue weighted by Gasteiger charge is -2.32. The Morgan fingerprint density at radius 2 is 1.45 bits per heavy atom. The number of alkyl carbamates (subject to hydrolysis) is 1. The van der Waals surface area contributed by atoms with E-state index in [-0.39, 0.29) is 35.8 Å². The normalized spacial score (nSPS) is 17.0. The van der Waals surface area contributed by atoms with Crippen LogP contribution in [0.3, 0.4) is 0 Å². The molecule has 3 aromatic rings. The van der Waals surface area contributed by atoms with Crippen LogP contribution >= 0.6 is 0 Å². The highest BCUT2D eigenvalue weighted by Gasteiger charge is 2.52. The highest BCUT2D eigenvalue weighted by Crippen LogP contribution is 2.44. The molecule has 216 valence electrons. The number of fused-ring (bicyclic) bond motifs is 3. The maximum absolute atomic E-state index is 12.9. The van der Waals surface area contributed by atoms with Crippen molar-refractivity contribution >= 4 is 31.2 Å². The van der Waals surface area contributed by atoms with E-state index in [1.165, 1.54) is 12.1 Å². The van der Waals surface area contributed by atoms with Gasteiger partial charge in [0.25, 0.3) is 0 Å². The quantitative estimate of drug-likeness (QED) is 0.297. The van der Waals surface area contributed by atoms with E-state index in [9.17, 15) is 24.6 Å². The largest absolute Gasteiger partial charge is 0.492 e. The van der Waals surface area contributed by atoms with Crippen LogP contribution in [-0.4, -0.2) is 59.7 Å². The molecule has 0 saturated carbocycles. The van der Waals surface area contributed by atoms with Crippen LogP contribution in [0.4, 0.5) is 4.79 Å². The molecule has 1 amide bonds. The van der Waals surface area contributed by atoms with Crippen LogP contribution in [0.5, 0.6) is 0 Å². The van der Waals surface area contributed by atoms with Crippen molar-refractivity contribution in [3.63, 3.8) is 0 Å². The van der Waals surface area contributed by atoms with Gasteiger partial charge in [0.1, 0.15) is 6.61 Å². The molecule has 1 fully saturated rings. The molecule has 10 heteroatoms. The van der Waals surface area contributed by atoms with Crippen molar-refractivity contribution < 1.29 is 38.6 Å². The fourth-order valence-electron chi connectivity index (χ4n) is 5.22. The van der Waals surface area contributed by atoms with Crippen LogP contribution in [0.2, 0.25) is 0 Å². The Balaban J connectivity index is 1.36. The number of aromatic carboxylic acids is 2. The van der Waals surface area contributed by atoms with E-state index in [0.717, 1.165) is 28.3 Å². The molecule has 5 rings (SSSR count). The van der Waals surface area contributed by atoms with Gasteiger partial charge in [-0.3, -0.25) is 0 Å². The number of amides is 1. The van der Waals surface area contributed by atoms with Crippen LogP contribution in [0.25, 0.3) is 17.2 Å². The average Bonchev–Trinajstić information content (AvgIpc) is 3.38. The minimum Gasteiger partial charge on any atom is -0.478 e. The van der Waals surface area contributed by atoms with Crippen molar-refractivity contribution in [2.75, 3.05) is 13.2 Å². The van der Waals surface area contributed by atoms with Gasteiger partial charge < -0.3 is 29.6 Å². The van der Waals surface area contributed by atoms with Crippen LogP contribution in [0, 0.1) is 0 Å². The molecule has 1 heterocycles. The number of hydrogen-bond donors (Lipinski definition) is 3. The maximum atomic E-state index is 12.9. The number of rotatable bonds is 8. The molecule has 42 heavy (non-hydrogen) atoms. The molecule has 1 aliphatic heterocycles. The number of nitrogens with one attached hydrogen (secondary N) is 1. The molecular weight excluding hydrogens is 537 g/mol. The number of carbonyl (C=O) groups excluding carboxylic acids is 1. The summed E-state index contributed by atoms with van der Waals surface area (Å²) in [5.74, 6) is -2.63. The molecule has 0 bridgehead atoms. The van der Waals surface area contributed by atoms with Gasteiger partial charge in [0.2, 0.25) is 0 Å². The maximum Gasteiger partial charge on any atom is 0.492 e. The second-order valence-electron chi connectivity index (χ2n) is 11.4. The lowest BCUT2D eigenvalue weighted by molar-refractivity contribution is 0.00578. The number of hydrogen-bond acceptors (Lipinski definition) is 6. The smallest absolute Gasteiger partial charge is 0.478 e. The summed E-state index contributed by atoms with van der Waals surface area (Å²) in [5.41, 5.74) is 3.37. The molecule has 3 aromatic carbocycles. The molecule has 9 nitrogen and oxygen atoms in total. The fraction of sp³-hybridized carbons (Fsp3) is 0.281. The van der Waals surface area contributed by atoms with Crippen LogP contribution in [0.15, 0.2) is 72.2 Å². The summed E-state index contributed by atoms with van der Waals surface area (Å²) in [7, 11) is -0.898. The minimum atomic E-state index is -1.29. The van der Waals surface area contributed by atoms with Crippen molar-refractivity contribution in [2.24, 2.45) is 0 Å². The van der Waals surface area contributed by atoms with Crippen molar-refractivity contribution in [1.29, 1.82) is 0 Å². The van der Waals surface area contributed by atoms with Gasteiger partial charge in [0.15, 0.2) is 0 Å². The zero-order valence-corrected chi connectivity index (χ0v) is 23.8. The Hall–Kier alpha value is -4.41. The van der Waals surface area contributed by atoms with Gasteiger partial charge >= 0.3 is 25.2 Å². The predicted molar refractivity (Wildman–Crippen MR) is 157 cm³/mol. The van der Waals surface area contributed by atoms with Gasteiger partial charge in [-0.25, -0.2) is 14.4 Å². The Morgan fingerprint density at radius 3 is 2.00 bits per heavy atom. The molecule has 1 saturated heterocycles. The van der Waals surface area contributed by atoms with E-state index in [1.807, 2.05) is 64.1 Å². The molecule has 0 spiro atoms. The SMILES string of the molecule is CC1(C)OB(C(=Cc2ccc(C(=O)O)cc2C(=O)O)CNC(=O)OCC2c3ccccc3-c3ccccc32)OC1(C)C. The van der Waals surface area contributed by atoms with Crippen LogP contribution in [0.1, 0.15) is 71.0 Å². The first kappa shape index (κ1) is 29.1. The Morgan fingerprint density at radius 1 is 0.881 bits per heavy atom. The molecule has 2 aliphatic rings. The third-order valence-electron chi connectivity index (χ3n) is 8.21. The number of carboxylic acids is 2. The molecule has 0 atom stereocenters. The highest BCUT2D eigenvalue weighted by atomic mass is 16.7. The lowest BCUT2D eigenvalue weighted by Crippen LogP contribution is -2.41. The highest BCUT2D eigenvalue weighted by molar-refractivity contribution is 6.56. The molecule has 1 aliphatic carbocycles. The van der Waals surface area contributed by atoms with Gasteiger partial charge in [-0.05, 0) is 73.1 Å². The molecular formula is C32H32BNO8. The van der Waals surface area contributed by atoms with E-state index in [0.29, 0.717) is 5.47 Å². The first-order valence-electron chi connectivity index (χ1n) is 13.6. The summed E-state index contributed by atoms with van der Waals surface area (Å²) in [6.45, 7) is 7.60. The van der Waals surface area contributed by atoms with E-state index >= 15 is 0 Å². The number of carboxylic acid groups (broad SMARTS) is 2. The van der Waals surface area contributed by atoms with Crippen LogP contribution in [-0.2, 0) is 14.0 Å². The number of ether oxygens (including phenoxy) is 1. The first-order chi connectivity index (χ1) is 19.9. The van der Waals surface area contributed by atoms with Gasteiger partial charge in [-0.2, -0.15) is 0 Å². The Kier molecular flexibility index (Phi) is 7.70. The topological polar surface area (TPSA) is 131 Å². The van der Waals surface area contributed by atoms with E-state index < -0.39 is 36.4 Å². The van der Waals surface area contributed by atoms with Gasteiger partial charge in [-0.1, -0.05) is 60.7 Å². The van der Waals surface area contributed by atoms with E-state index in [2.05, 4.69) is 17.4 Å². The van der Waals surface area contributed by atoms with Crippen LogP contribution < -0.4 is 5.32 Å². The van der Waals surface area contributed by atoms with Crippen molar-refractivity contribution in [1.82, 2.24) is 5.32 Å². The molecule has 0 radical (unpaired) electrons. The summed E-state index contributed by atoms with van der Waals surface area (Å²) in [6.07, 6.45) is 0.889. The zero-order valence-electron chi connectivity index (χ0n) is 23.8. The second-order valence-corrected chi connectivity index (χ2v) is 11.4. The monoisotopic (exact) mass is 569 g/mol. The minimum absolute atomic E-state index is 0.0623. The first-order valence-corrected chi connectivity index (χ1v) is 13.6. The van der Waals surface area contributed by atoms with Crippen molar-refractivity contribution in [3.8, 4) is 11.1 Å². The van der Waals surface area contributed by atoms with E-state index in [1.54, 1.807) is 6.08 Å². The third-order valence-corrected chi connectivity index (χ3v) is 8.21. The Labute approximate surface area is 244 Å². The summed E-state index contributed by atoms with van der Waals surface area (Å²) >= 11 is 0. The van der Waals surface area contributed by atoms with E-state index in [4.69, 9.17) is 14.0 Å². The number of benzene rings is 3. The van der Waals surface area contributed by atoms with Gasteiger partial charge in [-0.15, -0.1) is 0 Å². The summed E-state index contributed by atoms with van der Waals surface area (Å²) in [6, 6.07) is 19.9. The van der Waals surface area contributed by atoms with Crippen molar-refractivity contribution in [2.45, 2.75) is 44.8 Å². The van der Waals surface area contributed by atoms with Crippen molar-refractivity contribution in [3.05, 3.63) is 100 Å². The predicted octanol–water partition coefficient (Wildman–Crippen LogP) is 5.64. The standard InChI is InChI=1S/C32H32BNO8/c1-31(2)32(3,4)42-33(41-31)21(15-19-13-14-20(28(35)36)16-26(19)29(37)38)17-34-30(39)40-18-27-24-11-7-5-9-22(24)23-10-6-8-12-25(23)27/h5-16,27H,17-18H2,1-4H3,(H,34,39)(H,35,36)(H,37,38). The second kappa shape index (κ2) is 11.1. The molecule has 3 N–H and O–H groups in total. The lowest BCUT2D eigenvalue weighted by atomic mass is 9.76. The fourth-order valence-corrected chi connectivity index (χ4v) is 5.22. The molecule has 0 aromatic heterocycles. The summed E-state index contributed by atoms with van der Waals surface area (Å²) < 4.78 is 18.0. The van der Waals surface area contributed by atoms with Gasteiger partial charge in [0.05, 0.1) is 22.3 Å². The number of carbonyl (C=O) groups is 3. The molecule has 0 unspecified atom stereocenters. The zero-order chi connectivity index (χ0) is 30.2. The van der Waals surface area contributed by atoms with Gasteiger partial charge in [0, 0.05) is 12.5 Å². The summed E-state index contributed by atoms with van der Waals surface area (Å²) in [5, 5.41) is 21.9. The third kappa shape index (κ3) is 5.55. The average molecular weight is 569 g/mol. The summed E-state index contributed by atoms with van der Waals surface area (Å²) in [4.78, 5) is 36.3.